The molecule has 3 heterocycles. The van der Waals surface area contributed by atoms with Crippen LogP contribution < -0.4 is 10.2 Å². The Hall–Kier alpha value is -1.61. The number of hydrogen-bond donors (Lipinski definition) is 1. The van der Waals surface area contributed by atoms with Crippen LogP contribution in [0, 0.1) is 11.8 Å². The molecule has 1 N–H and O–H groups in total. The first-order valence-electron chi connectivity index (χ1n) is 7.16. The Balaban J connectivity index is 1.79. The van der Waals surface area contributed by atoms with E-state index in [1.54, 1.807) is 0 Å². The molecule has 0 amide bonds. The Morgan fingerprint density at radius 3 is 3.00 bits per heavy atom. The maximum Gasteiger partial charge on any atom is 0.136 e. The van der Waals surface area contributed by atoms with Gasteiger partial charge in [-0.2, -0.15) is 0 Å². The summed E-state index contributed by atoms with van der Waals surface area (Å²) in [6.45, 7) is 5.81. The fraction of sp³-hybridized carbons (Fsp3) is 0.438. The van der Waals surface area contributed by atoms with Crippen molar-refractivity contribution in [2.45, 2.75) is 13.0 Å². The molecule has 19 heavy (non-hydrogen) atoms. The van der Waals surface area contributed by atoms with Crippen molar-refractivity contribution in [3.8, 4) is 0 Å². The van der Waals surface area contributed by atoms with Gasteiger partial charge in [0.2, 0.25) is 0 Å². The van der Waals surface area contributed by atoms with Gasteiger partial charge in [0.25, 0.3) is 0 Å². The van der Waals surface area contributed by atoms with E-state index in [4.69, 9.17) is 0 Å². The molecule has 3 heteroatoms. The molecule has 3 atom stereocenters. The first-order valence-corrected chi connectivity index (χ1v) is 7.16. The van der Waals surface area contributed by atoms with E-state index in [-0.39, 0.29) is 0 Å². The summed E-state index contributed by atoms with van der Waals surface area (Å²) in [6, 6.07) is 11.2. The molecule has 2 saturated heterocycles. The van der Waals surface area contributed by atoms with Crippen molar-refractivity contribution in [3.05, 3.63) is 36.5 Å². The quantitative estimate of drug-likeness (QED) is 0.845. The number of nitrogens with one attached hydrogen (secondary N) is 1. The topological polar surface area (TPSA) is 28.2 Å². The van der Waals surface area contributed by atoms with Crippen LogP contribution in [0.2, 0.25) is 0 Å². The highest BCUT2D eigenvalue weighted by Gasteiger charge is 2.42. The van der Waals surface area contributed by atoms with Gasteiger partial charge in [0.05, 0.1) is 0 Å². The number of pyridine rings is 1. The van der Waals surface area contributed by atoms with Gasteiger partial charge in [0.1, 0.15) is 5.82 Å². The van der Waals surface area contributed by atoms with E-state index in [9.17, 15) is 0 Å². The normalized spacial score (nSPS) is 29.9. The Morgan fingerprint density at radius 1 is 1.21 bits per heavy atom. The van der Waals surface area contributed by atoms with E-state index in [2.05, 4.69) is 52.5 Å². The summed E-state index contributed by atoms with van der Waals surface area (Å²) in [5.74, 6) is 2.73. The van der Waals surface area contributed by atoms with Gasteiger partial charge in [-0.25, -0.2) is 4.98 Å². The van der Waals surface area contributed by atoms with Crippen LogP contribution in [0.25, 0.3) is 10.8 Å². The first kappa shape index (κ1) is 11.2. The van der Waals surface area contributed by atoms with Crippen molar-refractivity contribution < 1.29 is 0 Å². The zero-order valence-corrected chi connectivity index (χ0v) is 11.2. The van der Waals surface area contributed by atoms with Crippen LogP contribution in [0.1, 0.15) is 6.92 Å². The summed E-state index contributed by atoms with van der Waals surface area (Å²) >= 11 is 0. The van der Waals surface area contributed by atoms with Gasteiger partial charge in [0.15, 0.2) is 0 Å². The number of fused-ring (bicyclic) bond motifs is 2. The molecule has 0 saturated carbocycles. The predicted octanol–water partition coefficient (Wildman–Crippen LogP) is 2.28. The fourth-order valence-corrected chi connectivity index (χ4v) is 3.78. The minimum absolute atomic E-state index is 0.582. The Kier molecular flexibility index (Phi) is 2.49. The van der Waals surface area contributed by atoms with E-state index < -0.39 is 0 Å². The van der Waals surface area contributed by atoms with Crippen LogP contribution in [0.5, 0.6) is 0 Å². The molecule has 0 bridgehead atoms. The van der Waals surface area contributed by atoms with E-state index in [0.717, 1.165) is 31.5 Å². The zero-order chi connectivity index (χ0) is 12.8. The van der Waals surface area contributed by atoms with Crippen molar-refractivity contribution >= 4 is 16.6 Å². The van der Waals surface area contributed by atoms with Crippen LogP contribution in [0.3, 0.4) is 0 Å². The number of nitrogens with zero attached hydrogens (tertiary/aromatic N) is 2. The lowest BCUT2D eigenvalue weighted by Crippen LogP contribution is -2.33. The second-order valence-electron chi connectivity index (χ2n) is 5.83. The Morgan fingerprint density at radius 2 is 2.11 bits per heavy atom. The second-order valence-corrected chi connectivity index (χ2v) is 5.83. The molecule has 4 rings (SSSR count). The highest BCUT2D eigenvalue weighted by molar-refractivity contribution is 5.92. The molecule has 2 aliphatic rings. The summed E-state index contributed by atoms with van der Waals surface area (Å²) in [5.41, 5.74) is 0. The van der Waals surface area contributed by atoms with Crippen LogP contribution in [0.15, 0.2) is 36.5 Å². The van der Waals surface area contributed by atoms with E-state index >= 15 is 0 Å². The molecule has 1 aromatic carbocycles. The molecule has 98 valence electrons. The van der Waals surface area contributed by atoms with Crippen molar-refractivity contribution in [3.63, 3.8) is 0 Å². The average molecular weight is 253 g/mol. The van der Waals surface area contributed by atoms with Gasteiger partial charge in [0, 0.05) is 37.3 Å². The fourth-order valence-electron chi connectivity index (χ4n) is 3.78. The molecule has 3 unspecified atom stereocenters. The molecule has 1 aromatic heterocycles. The maximum atomic E-state index is 4.67. The Labute approximate surface area is 113 Å². The highest BCUT2D eigenvalue weighted by atomic mass is 15.3. The van der Waals surface area contributed by atoms with Gasteiger partial charge < -0.3 is 10.2 Å². The number of benzene rings is 1. The third-order valence-electron chi connectivity index (χ3n) is 4.86. The molecular weight excluding hydrogens is 234 g/mol. The minimum Gasteiger partial charge on any atom is -0.353 e. The van der Waals surface area contributed by atoms with E-state index in [1.807, 2.05) is 6.20 Å². The maximum absolute atomic E-state index is 4.67. The third kappa shape index (κ3) is 1.65. The second kappa shape index (κ2) is 4.20. The Bertz CT molecular complexity index is 604. The zero-order valence-electron chi connectivity index (χ0n) is 11.2. The predicted molar refractivity (Wildman–Crippen MR) is 78.4 cm³/mol. The van der Waals surface area contributed by atoms with Crippen LogP contribution in [0.4, 0.5) is 5.82 Å². The third-order valence-corrected chi connectivity index (χ3v) is 4.86. The van der Waals surface area contributed by atoms with Crippen LogP contribution in [-0.2, 0) is 0 Å². The lowest BCUT2D eigenvalue weighted by Gasteiger charge is -2.26. The highest BCUT2D eigenvalue weighted by Crippen LogP contribution is 2.37. The lowest BCUT2D eigenvalue weighted by atomic mass is 9.95. The molecule has 0 radical (unpaired) electrons. The van der Waals surface area contributed by atoms with Crippen molar-refractivity contribution in [2.75, 3.05) is 24.5 Å². The van der Waals surface area contributed by atoms with Crippen molar-refractivity contribution in [2.24, 2.45) is 11.8 Å². The number of anilines is 1. The molecule has 0 aliphatic carbocycles. The van der Waals surface area contributed by atoms with Gasteiger partial charge in [-0.1, -0.05) is 24.3 Å². The summed E-state index contributed by atoms with van der Waals surface area (Å²) in [7, 11) is 0. The average Bonchev–Trinajstić information content (AvgIpc) is 3.02. The monoisotopic (exact) mass is 253 g/mol. The molecule has 3 nitrogen and oxygen atoms in total. The summed E-state index contributed by atoms with van der Waals surface area (Å²) in [6.07, 6.45) is 1.94. The lowest BCUT2D eigenvalue weighted by molar-refractivity contribution is 0.471. The summed E-state index contributed by atoms with van der Waals surface area (Å²) in [4.78, 5) is 7.18. The number of rotatable bonds is 1. The minimum atomic E-state index is 0.582. The van der Waals surface area contributed by atoms with E-state index in [0.29, 0.717) is 6.04 Å². The van der Waals surface area contributed by atoms with E-state index in [1.165, 1.54) is 16.6 Å². The standard InChI is InChI=1S/C16H19N3/c1-11-15-9-17-8-13(15)10-19(11)16-14-5-3-2-4-12(14)6-7-18-16/h2-7,11,13,15,17H,8-10H2,1H3. The first-order chi connectivity index (χ1) is 9.34. The van der Waals surface area contributed by atoms with Gasteiger partial charge in [-0.3, -0.25) is 0 Å². The molecule has 2 aromatic rings. The smallest absolute Gasteiger partial charge is 0.136 e. The van der Waals surface area contributed by atoms with Gasteiger partial charge >= 0.3 is 0 Å². The SMILES string of the molecule is CC1C2CNCC2CN1c1nccc2ccccc12. The van der Waals surface area contributed by atoms with Crippen molar-refractivity contribution in [1.29, 1.82) is 0 Å². The van der Waals surface area contributed by atoms with Crippen LogP contribution >= 0.6 is 0 Å². The van der Waals surface area contributed by atoms with Crippen LogP contribution in [-0.4, -0.2) is 30.7 Å². The molecule has 2 fully saturated rings. The number of hydrogen-bond acceptors (Lipinski definition) is 3. The molecule has 0 spiro atoms. The molecule has 2 aliphatic heterocycles. The van der Waals surface area contributed by atoms with Gasteiger partial charge in [-0.05, 0) is 30.2 Å². The largest absolute Gasteiger partial charge is 0.353 e. The van der Waals surface area contributed by atoms with Gasteiger partial charge in [-0.15, -0.1) is 0 Å². The summed E-state index contributed by atoms with van der Waals surface area (Å²) < 4.78 is 0. The number of aromatic nitrogens is 1. The summed E-state index contributed by atoms with van der Waals surface area (Å²) in [5, 5.41) is 6.09. The molecular formula is C16H19N3. The van der Waals surface area contributed by atoms with Crippen molar-refractivity contribution in [1.82, 2.24) is 10.3 Å².